The summed E-state index contributed by atoms with van der Waals surface area (Å²) < 4.78 is 36.3. The van der Waals surface area contributed by atoms with Crippen LogP contribution in [0.1, 0.15) is 40.9 Å². The molecule has 0 unspecified atom stereocenters. The molecule has 0 bridgehead atoms. The van der Waals surface area contributed by atoms with Gasteiger partial charge in [-0.05, 0) is 54.7 Å². The van der Waals surface area contributed by atoms with E-state index in [0.29, 0.717) is 37.0 Å². The number of carbonyl (C=O) groups excluding carboxylic acids is 2. The summed E-state index contributed by atoms with van der Waals surface area (Å²) in [6.07, 6.45) is 2.24. The molecule has 4 nitrogen and oxygen atoms in total. The average molecular weight is 535 g/mol. The summed E-state index contributed by atoms with van der Waals surface area (Å²) in [4.78, 5) is 21.3. The van der Waals surface area contributed by atoms with E-state index in [1.807, 2.05) is 31.6 Å². The monoisotopic (exact) mass is 534 g/mol. The predicted molar refractivity (Wildman–Crippen MR) is 149 cm³/mol. The van der Waals surface area contributed by atoms with Gasteiger partial charge in [-0.25, -0.2) is 0 Å². The SMILES string of the molecule is CCc1cccc(C(F)(F)F)c1.CCc1ccccc1.CSC.O=CNCCNC(=O)c1ccccc1. The maximum Gasteiger partial charge on any atom is 0.416 e. The molecule has 0 radical (unpaired) electrons. The summed E-state index contributed by atoms with van der Waals surface area (Å²) in [5, 5.41) is 5.13. The highest BCUT2D eigenvalue weighted by atomic mass is 32.2. The van der Waals surface area contributed by atoms with Gasteiger partial charge in [0.2, 0.25) is 6.41 Å². The molecule has 0 aliphatic carbocycles. The zero-order valence-corrected chi connectivity index (χ0v) is 22.7. The topological polar surface area (TPSA) is 58.2 Å². The number of amides is 2. The number of hydrogen-bond acceptors (Lipinski definition) is 3. The van der Waals surface area contributed by atoms with Crippen LogP contribution in [0.3, 0.4) is 0 Å². The fourth-order valence-electron chi connectivity index (χ4n) is 2.68. The summed E-state index contributed by atoms with van der Waals surface area (Å²) in [5.41, 5.74) is 2.18. The van der Waals surface area contributed by atoms with Gasteiger partial charge in [0.25, 0.3) is 5.91 Å². The first kappa shape index (κ1) is 33.7. The highest BCUT2D eigenvalue weighted by molar-refractivity contribution is 7.97. The van der Waals surface area contributed by atoms with E-state index in [4.69, 9.17) is 0 Å². The normalized spacial score (nSPS) is 9.70. The zero-order chi connectivity index (χ0) is 27.9. The Morgan fingerprint density at radius 3 is 1.78 bits per heavy atom. The predicted octanol–water partition coefficient (Wildman–Crippen LogP) is 6.66. The maximum absolute atomic E-state index is 12.1. The second kappa shape index (κ2) is 20.9. The van der Waals surface area contributed by atoms with Crippen molar-refractivity contribution < 1.29 is 22.8 Å². The Labute approximate surface area is 223 Å². The van der Waals surface area contributed by atoms with Crippen LogP contribution in [0.4, 0.5) is 13.2 Å². The average Bonchev–Trinajstić information content (AvgIpc) is 2.92. The lowest BCUT2D eigenvalue weighted by atomic mass is 10.1. The van der Waals surface area contributed by atoms with Crippen LogP contribution in [0.5, 0.6) is 0 Å². The van der Waals surface area contributed by atoms with E-state index in [1.165, 1.54) is 17.7 Å². The second-order valence-electron chi connectivity index (χ2n) is 7.49. The molecule has 0 spiro atoms. The number of carbonyl (C=O) groups is 2. The highest BCUT2D eigenvalue weighted by Gasteiger charge is 2.30. The number of thioether (sulfide) groups is 1. The number of benzene rings is 3. The van der Waals surface area contributed by atoms with Crippen LogP contribution in [-0.2, 0) is 23.8 Å². The largest absolute Gasteiger partial charge is 0.416 e. The van der Waals surface area contributed by atoms with Gasteiger partial charge < -0.3 is 10.6 Å². The summed E-state index contributed by atoms with van der Waals surface area (Å²) in [5.74, 6) is -0.127. The zero-order valence-electron chi connectivity index (χ0n) is 21.8. The van der Waals surface area contributed by atoms with Gasteiger partial charge in [0.05, 0.1) is 5.56 Å². The van der Waals surface area contributed by atoms with E-state index >= 15 is 0 Å². The quantitative estimate of drug-likeness (QED) is 0.263. The van der Waals surface area contributed by atoms with Crippen LogP contribution >= 0.6 is 11.8 Å². The number of aryl methyl sites for hydroxylation is 2. The van der Waals surface area contributed by atoms with Crippen molar-refractivity contribution in [2.45, 2.75) is 32.9 Å². The summed E-state index contributed by atoms with van der Waals surface area (Å²) in [6, 6.07) is 24.8. The molecule has 0 heterocycles. The Hall–Kier alpha value is -3.26. The minimum Gasteiger partial charge on any atom is -0.357 e. The van der Waals surface area contributed by atoms with E-state index in [-0.39, 0.29) is 5.91 Å². The molecule has 0 atom stereocenters. The van der Waals surface area contributed by atoms with Crippen LogP contribution in [0.15, 0.2) is 84.9 Å². The van der Waals surface area contributed by atoms with Crippen LogP contribution in [0.2, 0.25) is 0 Å². The van der Waals surface area contributed by atoms with E-state index in [9.17, 15) is 22.8 Å². The molecule has 0 aliphatic rings. The Bertz CT molecular complexity index is 985. The van der Waals surface area contributed by atoms with Crippen molar-refractivity contribution >= 4 is 24.1 Å². The van der Waals surface area contributed by atoms with Crippen molar-refractivity contribution in [3.8, 4) is 0 Å². The first-order chi connectivity index (χ1) is 17.7. The number of rotatable bonds is 7. The van der Waals surface area contributed by atoms with Gasteiger partial charge in [-0.15, -0.1) is 0 Å². The molecule has 0 saturated heterocycles. The van der Waals surface area contributed by atoms with Crippen molar-refractivity contribution in [2.24, 2.45) is 0 Å². The van der Waals surface area contributed by atoms with Gasteiger partial charge in [-0.3, -0.25) is 9.59 Å². The van der Waals surface area contributed by atoms with E-state index in [2.05, 4.69) is 41.8 Å². The van der Waals surface area contributed by atoms with Crippen molar-refractivity contribution in [3.63, 3.8) is 0 Å². The summed E-state index contributed by atoms with van der Waals surface area (Å²) in [7, 11) is 0. The van der Waals surface area contributed by atoms with E-state index in [1.54, 1.807) is 42.1 Å². The van der Waals surface area contributed by atoms with Gasteiger partial charge in [-0.1, -0.05) is 80.6 Å². The third-order valence-electron chi connectivity index (χ3n) is 4.59. The number of hydrogen-bond donors (Lipinski definition) is 2. The van der Waals surface area contributed by atoms with Gasteiger partial charge in [0.15, 0.2) is 0 Å². The minimum absolute atomic E-state index is 0.127. The highest BCUT2D eigenvalue weighted by Crippen LogP contribution is 2.29. The third kappa shape index (κ3) is 16.9. The lowest BCUT2D eigenvalue weighted by Gasteiger charge is -2.06. The molecule has 2 N–H and O–H groups in total. The summed E-state index contributed by atoms with van der Waals surface area (Å²) in [6.45, 7) is 4.87. The molecule has 3 aromatic carbocycles. The van der Waals surface area contributed by atoms with Crippen molar-refractivity contribution in [1.82, 2.24) is 10.6 Å². The molecule has 37 heavy (non-hydrogen) atoms. The first-order valence-corrected chi connectivity index (χ1v) is 13.5. The number of nitrogens with one attached hydrogen (secondary N) is 2. The van der Waals surface area contributed by atoms with Crippen LogP contribution in [0.25, 0.3) is 0 Å². The molecule has 0 aliphatic heterocycles. The minimum atomic E-state index is -4.22. The molecular weight excluding hydrogens is 497 g/mol. The van der Waals surface area contributed by atoms with Crippen LogP contribution in [0, 0.1) is 0 Å². The molecule has 8 heteroatoms. The van der Waals surface area contributed by atoms with Crippen molar-refractivity contribution in [3.05, 3.63) is 107 Å². The van der Waals surface area contributed by atoms with Crippen LogP contribution < -0.4 is 10.6 Å². The molecule has 0 saturated carbocycles. The fourth-order valence-corrected chi connectivity index (χ4v) is 2.68. The Kier molecular flexibility index (Phi) is 19.0. The van der Waals surface area contributed by atoms with Gasteiger partial charge in [-0.2, -0.15) is 24.9 Å². The Morgan fingerprint density at radius 1 is 0.811 bits per heavy atom. The Balaban J connectivity index is 0.000000512. The number of alkyl halides is 3. The standard InChI is InChI=1S/C10H12N2O2.C9H9F3.C8H10.C2H6S/c13-8-11-6-7-12-10(14)9-4-2-1-3-5-9;1-2-7-4-3-5-8(6-7)9(10,11)12;1-2-8-6-4-3-5-7-8;1-3-2/h1-5,8H,6-7H2,(H,11,13)(H,12,14);3-6H,2H2,1H3;3-7H,2H2,1H3;1-2H3. The molecule has 3 rings (SSSR count). The summed E-state index contributed by atoms with van der Waals surface area (Å²) >= 11 is 1.75. The lowest BCUT2D eigenvalue weighted by molar-refractivity contribution is -0.137. The maximum atomic E-state index is 12.1. The smallest absolute Gasteiger partial charge is 0.357 e. The molecule has 202 valence electrons. The van der Waals surface area contributed by atoms with Gasteiger partial charge in [0.1, 0.15) is 0 Å². The van der Waals surface area contributed by atoms with Crippen molar-refractivity contribution in [2.75, 3.05) is 25.6 Å². The molecule has 0 aromatic heterocycles. The molecule has 2 amide bonds. The van der Waals surface area contributed by atoms with Crippen molar-refractivity contribution in [1.29, 1.82) is 0 Å². The molecule has 0 fully saturated rings. The first-order valence-electron chi connectivity index (χ1n) is 11.8. The second-order valence-corrected chi connectivity index (χ2v) is 8.31. The van der Waals surface area contributed by atoms with Gasteiger partial charge in [0, 0.05) is 18.7 Å². The Morgan fingerprint density at radius 2 is 1.32 bits per heavy atom. The van der Waals surface area contributed by atoms with E-state index in [0.717, 1.165) is 12.5 Å². The van der Waals surface area contributed by atoms with E-state index < -0.39 is 11.7 Å². The third-order valence-corrected chi connectivity index (χ3v) is 4.59. The fraction of sp³-hybridized carbons (Fsp3) is 0.310. The van der Waals surface area contributed by atoms with Crippen LogP contribution in [-0.4, -0.2) is 37.9 Å². The molecular formula is C29H37F3N2O2S. The lowest BCUT2D eigenvalue weighted by Crippen LogP contribution is -2.31. The number of halogens is 3. The van der Waals surface area contributed by atoms with Gasteiger partial charge >= 0.3 is 6.18 Å². The molecule has 3 aromatic rings.